The van der Waals surface area contributed by atoms with Gasteiger partial charge in [0.05, 0.1) is 12.7 Å². The van der Waals surface area contributed by atoms with Gasteiger partial charge in [-0.3, -0.25) is 0 Å². The van der Waals surface area contributed by atoms with E-state index in [1.807, 2.05) is 16.8 Å². The summed E-state index contributed by atoms with van der Waals surface area (Å²) in [5, 5.41) is 4.01. The van der Waals surface area contributed by atoms with Crippen LogP contribution in [0.4, 0.5) is 5.82 Å². The molecule has 3 heteroatoms. The molecule has 0 aliphatic carbocycles. The molecular formula is C6H5N3. The highest BCUT2D eigenvalue weighted by atomic mass is 15.3. The molecule has 0 radical (unpaired) electrons. The molecule has 1 aromatic heterocycles. The first-order valence-electron chi connectivity index (χ1n) is 2.76. The zero-order valence-corrected chi connectivity index (χ0v) is 4.78. The average Bonchev–Trinajstić information content (AvgIpc) is 2.33. The number of allylic oxidation sites excluding steroid dienone is 1. The maximum absolute atomic E-state index is 4.01. The minimum Gasteiger partial charge on any atom is -0.243 e. The number of aliphatic imine (C=N–C) groups is 1. The van der Waals surface area contributed by atoms with Crippen LogP contribution in [0.2, 0.25) is 0 Å². The van der Waals surface area contributed by atoms with Gasteiger partial charge in [0, 0.05) is 6.07 Å². The van der Waals surface area contributed by atoms with Gasteiger partial charge < -0.3 is 0 Å². The highest BCUT2D eigenvalue weighted by Gasteiger charge is 1.98. The number of hydrogen-bond acceptors (Lipinski definition) is 2. The standard InChI is InChI=1S/C6H5N3/c1-3-7-6-2-4-8-9(6)5-1/h1-2,4H,5H2. The van der Waals surface area contributed by atoms with Gasteiger partial charge in [-0.05, 0) is 11.9 Å². The van der Waals surface area contributed by atoms with Crippen LogP contribution in [-0.4, -0.2) is 15.7 Å². The summed E-state index contributed by atoms with van der Waals surface area (Å²) < 4.78 is 1.82. The van der Waals surface area contributed by atoms with Crippen LogP contribution in [0, 0.1) is 0 Å². The van der Waals surface area contributed by atoms with Crippen molar-refractivity contribution in [3.63, 3.8) is 0 Å². The molecule has 0 unspecified atom stereocenters. The second kappa shape index (κ2) is 1.57. The van der Waals surface area contributed by atoms with Crippen LogP contribution in [0.15, 0.2) is 23.3 Å². The Bertz CT molecular complexity index is 278. The first-order chi connectivity index (χ1) is 4.47. The number of hydrogen-bond donors (Lipinski definition) is 0. The lowest BCUT2D eigenvalue weighted by atomic mass is 10.5. The Labute approximate surface area is 52.3 Å². The average molecular weight is 119 g/mol. The smallest absolute Gasteiger partial charge is 0.160 e. The molecule has 0 atom stereocenters. The summed E-state index contributed by atoms with van der Waals surface area (Å²) in [7, 11) is 0. The van der Waals surface area contributed by atoms with Crippen molar-refractivity contribution in [3.8, 4) is 0 Å². The fourth-order valence-electron chi connectivity index (χ4n) is 0.800. The van der Waals surface area contributed by atoms with Crippen molar-refractivity contribution in [2.75, 3.05) is 0 Å². The lowest BCUT2D eigenvalue weighted by molar-refractivity contribution is 0.703. The second-order valence-electron chi connectivity index (χ2n) is 1.82. The van der Waals surface area contributed by atoms with E-state index in [9.17, 15) is 0 Å². The quantitative estimate of drug-likeness (QED) is 0.495. The molecule has 1 aliphatic rings. The van der Waals surface area contributed by atoms with E-state index in [1.165, 1.54) is 0 Å². The van der Waals surface area contributed by atoms with E-state index >= 15 is 0 Å². The molecule has 3 nitrogen and oxygen atoms in total. The van der Waals surface area contributed by atoms with Gasteiger partial charge >= 0.3 is 0 Å². The van der Waals surface area contributed by atoms with Crippen molar-refractivity contribution in [3.05, 3.63) is 18.3 Å². The SMILES string of the molecule is C1=CCn2nccc2N=1. The molecule has 0 spiro atoms. The lowest BCUT2D eigenvalue weighted by Gasteiger charge is -1.99. The Kier molecular flexibility index (Phi) is 0.790. The van der Waals surface area contributed by atoms with Gasteiger partial charge in [0.1, 0.15) is 0 Å². The molecule has 0 fully saturated rings. The molecule has 0 N–H and O–H groups in total. The first kappa shape index (κ1) is 4.53. The van der Waals surface area contributed by atoms with Crippen molar-refractivity contribution >= 4 is 11.7 Å². The maximum Gasteiger partial charge on any atom is 0.160 e. The zero-order valence-electron chi connectivity index (χ0n) is 4.78. The second-order valence-corrected chi connectivity index (χ2v) is 1.82. The van der Waals surface area contributed by atoms with E-state index in [4.69, 9.17) is 0 Å². The van der Waals surface area contributed by atoms with Crippen LogP contribution >= 0.6 is 0 Å². The van der Waals surface area contributed by atoms with Crippen LogP contribution in [0.5, 0.6) is 0 Å². The van der Waals surface area contributed by atoms with E-state index < -0.39 is 0 Å². The van der Waals surface area contributed by atoms with Gasteiger partial charge in [0.25, 0.3) is 0 Å². The molecule has 0 amide bonds. The van der Waals surface area contributed by atoms with Gasteiger partial charge in [0.15, 0.2) is 5.82 Å². The van der Waals surface area contributed by atoms with E-state index in [1.54, 1.807) is 6.20 Å². The Hall–Kier alpha value is -1.34. The van der Waals surface area contributed by atoms with Crippen molar-refractivity contribution < 1.29 is 0 Å². The van der Waals surface area contributed by atoms with Gasteiger partial charge in [-0.25, -0.2) is 4.68 Å². The highest BCUT2D eigenvalue weighted by Crippen LogP contribution is 2.10. The van der Waals surface area contributed by atoms with Crippen LogP contribution in [0.25, 0.3) is 0 Å². The topological polar surface area (TPSA) is 30.2 Å². The van der Waals surface area contributed by atoms with Crippen molar-refractivity contribution in [2.24, 2.45) is 4.99 Å². The van der Waals surface area contributed by atoms with Gasteiger partial charge in [-0.1, -0.05) is 0 Å². The molecule has 44 valence electrons. The molecule has 0 saturated carbocycles. The lowest BCUT2D eigenvalue weighted by Crippen LogP contribution is -1.98. The zero-order chi connectivity index (χ0) is 6.10. The normalized spacial score (nSPS) is 13.8. The van der Waals surface area contributed by atoms with Crippen LogP contribution in [0.1, 0.15) is 0 Å². The van der Waals surface area contributed by atoms with Crippen molar-refractivity contribution in [1.82, 2.24) is 9.78 Å². The molecule has 1 aliphatic heterocycles. The minimum atomic E-state index is 0.797. The fourth-order valence-corrected chi connectivity index (χ4v) is 0.800. The summed E-state index contributed by atoms with van der Waals surface area (Å²) in [5.74, 6) is 3.65. The molecule has 1 aromatic rings. The van der Waals surface area contributed by atoms with Crippen LogP contribution in [-0.2, 0) is 6.54 Å². The molecule has 0 bridgehead atoms. The summed E-state index contributed by atoms with van der Waals surface area (Å²) in [4.78, 5) is 3.95. The number of aromatic nitrogens is 2. The van der Waals surface area contributed by atoms with Gasteiger partial charge in [-0.15, -0.1) is 0 Å². The largest absolute Gasteiger partial charge is 0.243 e. The predicted octanol–water partition coefficient (Wildman–Crippen LogP) is 0.754. The summed E-state index contributed by atoms with van der Waals surface area (Å²) in [5.41, 5.74) is 0. The van der Waals surface area contributed by atoms with Crippen molar-refractivity contribution in [1.29, 1.82) is 0 Å². The summed E-state index contributed by atoms with van der Waals surface area (Å²) in [6.45, 7) is 0.797. The highest BCUT2D eigenvalue weighted by molar-refractivity contribution is 5.58. The molecule has 9 heavy (non-hydrogen) atoms. The summed E-state index contributed by atoms with van der Waals surface area (Å²) in [6, 6.07) is 1.86. The Morgan fingerprint density at radius 2 is 2.67 bits per heavy atom. The monoisotopic (exact) mass is 119 g/mol. The van der Waals surface area contributed by atoms with Crippen LogP contribution in [0.3, 0.4) is 0 Å². The maximum atomic E-state index is 4.01. The Balaban J connectivity index is 2.65. The molecule has 2 heterocycles. The van der Waals surface area contributed by atoms with E-state index in [0.29, 0.717) is 0 Å². The van der Waals surface area contributed by atoms with Gasteiger partial charge in [0.2, 0.25) is 0 Å². The summed E-state index contributed by atoms with van der Waals surface area (Å²) >= 11 is 0. The number of rotatable bonds is 0. The van der Waals surface area contributed by atoms with Crippen molar-refractivity contribution in [2.45, 2.75) is 6.54 Å². The fraction of sp³-hybridized carbons (Fsp3) is 0.167. The predicted molar refractivity (Wildman–Crippen MR) is 33.9 cm³/mol. The molecular weight excluding hydrogens is 114 g/mol. The Morgan fingerprint density at radius 3 is 3.56 bits per heavy atom. The van der Waals surface area contributed by atoms with E-state index in [0.717, 1.165) is 12.4 Å². The van der Waals surface area contributed by atoms with Gasteiger partial charge in [-0.2, -0.15) is 10.1 Å². The Morgan fingerprint density at radius 1 is 1.67 bits per heavy atom. The van der Waals surface area contributed by atoms with E-state index in [2.05, 4.69) is 16.0 Å². The summed E-state index contributed by atoms with van der Waals surface area (Å²) in [6.07, 6.45) is 3.58. The molecule has 2 rings (SSSR count). The third-order valence-electron chi connectivity index (χ3n) is 1.23. The number of nitrogens with zero attached hydrogens (tertiary/aromatic N) is 3. The third kappa shape index (κ3) is 0.590. The van der Waals surface area contributed by atoms with Crippen LogP contribution < -0.4 is 0 Å². The first-order valence-corrected chi connectivity index (χ1v) is 2.76. The third-order valence-corrected chi connectivity index (χ3v) is 1.23. The molecule has 0 aromatic carbocycles. The number of fused-ring (bicyclic) bond motifs is 1. The van der Waals surface area contributed by atoms with E-state index in [-0.39, 0.29) is 0 Å². The minimum absolute atomic E-state index is 0.797. The molecule has 0 saturated heterocycles.